The third-order valence-corrected chi connectivity index (χ3v) is 2.00. The first kappa shape index (κ1) is 8.53. The van der Waals surface area contributed by atoms with Gasteiger partial charge in [-0.05, 0) is 19.8 Å². The Bertz CT molecular complexity index is 147. The van der Waals surface area contributed by atoms with E-state index in [1.165, 1.54) is 0 Å². The lowest BCUT2D eigenvalue weighted by molar-refractivity contribution is -0.121. The van der Waals surface area contributed by atoms with Crippen molar-refractivity contribution in [2.45, 2.75) is 38.8 Å². The summed E-state index contributed by atoms with van der Waals surface area (Å²) in [6, 6.07) is 0.223. The number of rotatable bonds is 1. The van der Waals surface area contributed by atoms with Crippen LogP contribution in [0.1, 0.15) is 26.7 Å². The smallest absolute Gasteiger partial charge is 0.217 e. The Morgan fingerprint density at radius 2 is 2.36 bits per heavy atom. The Hall–Kier alpha value is -0.570. The normalized spacial score (nSPS) is 31.5. The van der Waals surface area contributed by atoms with Crippen LogP contribution in [0.3, 0.4) is 0 Å². The van der Waals surface area contributed by atoms with Gasteiger partial charge in [-0.15, -0.1) is 0 Å². The minimum absolute atomic E-state index is 0.0346. The van der Waals surface area contributed by atoms with Crippen molar-refractivity contribution in [2.75, 3.05) is 6.61 Å². The molecule has 1 fully saturated rings. The predicted octanol–water partition coefficient (Wildman–Crippen LogP) is 0.690. The minimum atomic E-state index is 0.0346. The van der Waals surface area contributed by atoms with E-state index in [0.29, 0.717) is 0 Å². The molecule has 2 atom stereocenters. The molecule has 3 nitrogen and oxygen atoms in total. The molecule has 1 saturated heterocycles. The number of carbonyl (C=O) groups excluding carboxylic acids is 1. The summed E-state index contributed by atoms with van der Waals surface area (Å²) in [7, 11) is 0. The molecule has 1 heterocycles. The Kier molecular flexibility index (Phi) is 2.88. The van der Waals surface area contributed by atoms with Gasteiger partial charge >= 0.3 is 0 Å². The first-order chi connectivity index (χ1) is 5.20. The van der Waals surface area contributed by atoms with Crippen molar-refractivity contribution in [1.29, 1.82) is 0 Å². The lowest BCUT2D eigenvalue weighted by atomic mass is 10.0. The van der Waals surface area contributed by atoms with Gasteiger partial charge in [0.2, 0.25) is 5.91 Å². The summed E-state index contributed by atoms with van der Waals surface area (Å²) < 4.78 is 5.38. The topological polar surface area (TPSA) is 38.3 Å². The predicted molar refractivity (Wildman–Crippen MR) is 42.3 cm³/mol. The summed E-state index contributed by atoms with van der Waals surface area (Å²) in [5.74, 6) is 0.0346. The molecule has 0 aliphatic carbocycles. The fourth-order valence-electron chi connectivity index (χ4n) is 1.37. The molecule has 0 aromatic heterocycles. The van der Waals surface area contributed by atoms with Crippen LogP contribution in [-0.2, 0) is 9.53 Å². The quantitative estimate of drug-likeness (QED) is 0.608. The van der Waals surface area contributed by atoms with E-state index < -0.39 is 0 Å². The fraction of sp³-hybridized carbons (Fsp3) is 0.875. The van der Waals surface area contributed by atoms with Crippen LogP contribution in [0.5, 0.6) is 0 Å². The molecule has 0 bridgehead atoms. The highest BCUT2D eigenvalue weighted by Crippen LogP contribution is 2.12. The van der Waals surface area contributed by atoms with Gasteiger partial charge in [0, 0.05) is 13.5 Å². The molecule has 11 heavy (non-hydrogen) atoms. The molecule has 1 unspecified atom stereocenters. The highest BCUT2D eigenvalue weighted by molar-refractivity contribution is 5.73. The number of hydrogen-bond acceptors (Lipinski definition) is 2. The molecule has 1 N–H and O–H groups in total. The van der Waals surface area contributed by atoms with Crippen LogP contribution < -0.4 is 5.32 Å². The number of hydrogen-bond donors (Lipinski definition) is 1. The van der Waals surface area contributed by atoms with Crippen molar-refractivity contribution in [3.05, 3.63) is 0 Å². The van der Waals surface area contributed by atoms with Crippen LogP contribution >= 0.6 is 0 Å². The van der Waals surface area contributed by atoms with E-state index in [1.807, 2.05) is 6.92 Å². The van der Waals surface area contributed by atoms with Crippen molar-refractivity contribution in [3.63, 3.8) is 0 Å². The fourth-order valence-corrected chi connectivity index (χ4v) is 1.37. The molecule has 1 aliphatic heterocycles. The molecular formula is C8H15NO2. The summed E-state index contributed by atoms with van der Waals surface area (Å²) in [5.41, 5.74) is 0. The van der Waals surface area contributed by atoms with Crippen molar-refractivity contribution in [3.8, 4) is 0 Å². The highest BCUT2D eigenvalue weighted by atomic mass is 16.5. The van der Waals surface area contributed by atoms with Crippen LogP contribution in [0.15, 0.2) is 0 Å². The summed E-state index contributed by atoms with van der Waals surface area (Å²) in [5, 5.41) is 2.87. The number of amides is 1. The maximum atomic E-state index is 10.7. The third kappa shape index (κ3) is 2.50. The van der Waals surface area contributed by atoms with Crippen LogP contribution in [0.25, 0.3) is 0 Å². The molecular weight excluding hydrogens is 142 g/mol. The average Bonchev–Trinajstić information content (AvgIpc) is 1.93. The first-order valence-electron chi connectivity index (χ1n) is 4.09. The second-order valence-corrected chi connectivity index (χ2v) is 3.03. The Labute approximate surface area is 67.1 Å². The first-order valence-corrected chi connectivity index (χ1v) is 4.09. The molecule has 1 amide bonds. The van der Waals surface area contributed by atoms with Gasteiger partial charge in [0.05, 0.1) is 12.1 Å². The molecule has 0 radical (unpaired) electrons. The molecule has 3 heteroatoms. The van der Waals surface area contributed by atoms with Crippen LogP contribution in [0.2, 0.25) is 0 Å². The second kappa shape index (κ2) is 3.72. The van der Waals surface area contributed by atoms with E-state index in [2.05, 4.69) is 5.32 Å². The van der Waals surface area contributed by atoms with Gasteiger partial charge in [0.15, 0.2) is 0 Å². The Balaban J connectivity index is 2.35. The SMILES string of the molecule is CC(=O)N[C@@H]1CCCOC1C. The van der Waals surface area contributed by atoms with Crippen molar-refractivity contribution >= 4 is 5.91 Å². The van der Waals surface area contributed by atoms with Crippen LogP contribution in [0, 0.1) is 0 Å². The summed E-state index contributed by atoms with van der Waals surface area (Å²) in [6.45, 7) is 4.37. The lowest BCUT2D eigenvalue weighted by Crippen LogP contribution is -2.44. The zero-order valence-corrected chi connectivity index (χ0v) is 7.09. The highest BCUT2D eigenvalue weighted by Gasteiger charge is 2.21. The maximum Gasteiger partial charge on any atom is 0.217 e. The van der Waals surface area contributed by atoms with Crippen molar-refractivity contribution < 1.29 is 9.53 Å². The zero-order chi connectivity index (χ0) is 8.27. The van der Waals surface area contributed by atoms with Gasteiger partial charge in [0.25, 0.3) is 0 Å². The Morgan fingerprint density at radius 3 is 2.91 bits per heavy atom. The van der Waals surface area contributed by atoms with Crippen molar-refractivity contribution in [1.82, 2.24) is 5.32 Å². The number of nitrogens with one attached hydrogen (secondary N) is 1. The molecule has 0 spiro atoms. The largest absolute Gasteiger partial charge is 0.376 e. The molecule has 1 rings (SSSR count). The van der Waals surface area contributed by atoms with E-state index in [9.17, 15) is 4.79 Å². The third-order valence-electron chi connectivity index (χ3n) is 2.00. The molecule has 0 aromatic rings. The van der Waals surface area contributed by atoms with E-state index in [4.69, 9.17) is 4.74 Å². The maximum absolute atomic E-state index is 10.7. The second-order valence-electron chi connectivity index (χ2n) is 3.03. The minimum Gasteiger partial charge on any atom is -0.376 e. The summed E-state index contributed by atoms with van der Waals surface area (Å²) in [4.78, 5) is 10.7. The molecule has 0 saturated carbocycles. The van der Waals surface area contributed by atoms with Crippen molar-refractivity contribution in [2.24, 2.45) is 0 Å². The summed E-state index contributed by atoms with van der Waals surface area (Å²) >= 11 is 0. The van der Waals surface area contributed by atoms with Crippen LogP contribution in [-0.4, -0.2) is 24.7 Å². The van der Waals surface area contributed by atoms with Gasteiger partial charge in [-0.2, -0.15) is 0 Å². The van der Waals surface area contributed by atoms with Gasteiger partial charge < -0.3 is 10.1 Å². The molecule has 0 aromatic carbocycles. The van der Waals surface area contributed by atoms with Crippen LogP contribution in [0.4, 0.5) is 0 Å². The summed E-state index contributed by atoms with van der Waals surface area (Å²) in [6.07, 6.45) is 2.27. The lowest BCUT2D eigenvalue weighted by Gasteiger charge is -2.29. The molecule has 64 valence electrons. The zero-order valence-electron chi connectivity index (χ0n) is 7.09. The molecule has 1 aliphatic rings. The van der Waals surface area contributed by atoms with E-state index in [-0.39, 0.29) is 18.1 Å². The van der Waals surface area contributed by atoms with E-state index in [0.717, 1.165) is 19.4 Å². The number of carbonyl (C=O) groups is 1. The van der Waals surface area contributed by atoms with E-state index in [1.54, 1.807) is 6.92 Å². The van der Waals surface area contributed by atoms with Gasteiger partial charge in [-0.25, -0.2) is 0 Å². The van der Waals surface area contributed by atoms with Gasteiger partial charge in [-0.1, -0.05) is 0 Å². The van der Waals surface area contributed by atoms with Gasteiger partial charge in [-0.3, -0.25) is 4.79 Å². The van der Waals surface area contributed by atoms with E-state index >= 15 is 0 Å². The monoisotopic (exact) mass is 157 g/mol. The Morgan fingerprint density at radius 1 is 1.64 bits per heavy atom. The number of ether oxygens (including phenoxy) is 1. The average molecular weight is 157 g/mol. The standard InChI is InChI=1S/C8H15NO2/c1-6-8(9-7(2)10)4-3-5-11-6/h6,8H,3-5H2,1-2H3,(H,9,10)/t6?,8-/m1/s1. The van der Waals surface area contributed by atoms with Gasteiger partial charge in [0.1, 0.15) is 0 Å².